The average molecular weight is 277 g/mol. The van der Waals surface area contributed by atoms with Crippen molar-refractivity contribution in [1.82, 2.24) is 4.90 Å². The molecule has 1 saturated heterocycles. The maximum absolute atomic E-state index is 11.0. The van der Waals surface area contributed by atoms with Crippen LogP contribution in [-0.4, -0.2) is 42.4 Å². The Kier molecular flexibility index (Phi) is 5.58. The van der Waals surface area contributed by atoms with Gasteiger partial charge >= 0.3 is 0 Å². The third-order valence-corrected chi connectivity index (χ3v) is 4.48. The molecule has 1 N–H and O–H groups in total. The minimum absolute atomic E-state index is 0.178. The molecule has 0 aromatic heterocycles. The summed E-state index contributed by atoms with van der Waals surface area (Å²) in [4.78, 5) is 2.40. The van der Waals surface area contributed by atoms with E-state index in [1.807, 2.05) is 37.3 Å². The summed E-state index contributed by atoms with van der Waals surface area (Å²) in [6.45, 7) is 7.84. The molecule has 0 amide bonds. The van der Waals surface area contributed by atoms with E-state index in [0.29, 0.717) is 0 Å². The molecule has 1 heterocycles. The summed E-state index contributed by atoms with van der Waals surface area (Å²) >= 11 is 0. The third-order valence-electron chi connectivity index (χ3n) is 4.48. The first-order chi connectivity index (χ1) is 9.68. The number of ether oxygens (including phenoxy) is 1. The van der Waals surface area contributed by atoms with Crippen molar-refractivity contribution in [3.63, 3.8) is 0 Å². The molecular weight excluding hydrogens is 250 g/mol. The van der Waals surface area contributed by atoms with E-state index < -0.39 is 5.60 Å². The molecule has 1 aromatic carbocycles. The van der Waals surface area contributed by atoms with Crippen molar-refractivity contribution in [3.05, 3.63) is 35.9 Å². The topological polar surface area (TPSA) is 32.7 Å². The highest BCUT2D eigenvalue weighted by atomic mass is 16.5. The van der Waals surface area contributed by atoms with Crippen molar-refractivity contribution in [1.29, 1.82) is 0 Å². The van der Waals surface area contributed by atoms with E-state index in [2.05, 4.69) is 11.8 Å². The summed E-state index contributed by atoms with van der Waals surface area (Å²) in [6.07, 6.45) is 3.06. The lowest BCUT2D eigenvalue weighted by Crippen LogP contribution is -2.40. The zero-order chi connectivity index (χ0) is 14.4. The summed E-state index contributed by atoms with van der Waals surface area (Å²) in [5, 5.41) is 11.0. The van der Waals surface area contributed by atoms with Gasteiger partial charge in [0.15, 0.2) is 0 Å². The molecule has 1 fully saturated rings. The quantitative estimate of drug-likeness (QED) is 0.778. The van der Waals surface area contributed by atoms with Gasteiger partial charge in [-0.2, -0.15) is 0 Å². The zero-order valence-electron chi connectivity index (χ0n) is 12.7. The largest absolute Gasteiger partial charge is 0.383 e. The third kappa shape index (κ3) is 3.40. The van der Waals surface area contributed by atoms with Crippen LogP contribution >= 0.6 is 0 Å². The fourth-order valence-corrected chi connectivity index (χ4v) is 3.10. The van der Waals surface area contributed by atoms with Gasteiger partial charge < -0.3 is 9.84 Å². The van der Waals surface area contributed by atoms with Gasteiger partial charge in [0.25, 0.3) is 0 Å². The normalized spacial score (nSPS) is 27.1. The number of benzene rings is 1. The SMILES string of the molecule is CCOCCCCN1CCC(O)(c2ccccc2)C1C. The highest BCUT2D eigenvalue weighted by Crippen LogP contribution is 2.37. The van der Waals surface area contributed by atoms with Gasteiger partial charge in [-0.05, 0) is 45.2 Å². The van der Waals surface area contributed by atoms with E-state index in [0.717, 1.165) is 51.1 Å². The molecule has 2 rings (SSSR count). The van der Waals surface area contributed by atoms with E-state index in [9.17, 15) is 5.11 Å². The molecular formula is C17H27NO2. The predicted molar refractivity (Wildman–Crippen MR) is 81.7 cm³/mol. The Morgan fingerprint density at radius 3 is 2.75 bits per heavy atom. The van der Waals surface area contributed by atoms with Crippen LogP contribution in [0, 0.1) is 0 Å². The number of hydrogen-bond donors (Lipinski definition) is 1. The van der Waals surface area contributed by atoms with Gasteiger partial charge in [0, 0.05) is 25.8 Å². The Labute approximate surface area is 122 Å². The van der Waals surface area contributed by atoms with Crippen molar-refractivity contribution >= 4 is 0 Å². The van der Waals surface area contributed by atoms with E-state index in [1.54, 1.807) is 0 Å². The summed E-state index contributed by atoms with van der Waals surface area (Å²) in [5.41, 5.74) is 0.352. The van der Waals surface area contributed by atoms with E-state index in [-0.39, 0.29) is 6.04 Å². The zero-order valence-corrected chi connectivity index (χ0v) is 12.7. The minimum atomic E-state index is -0.693. The van der Waals surface area contributed by atoms with E-state index in [4.69, 9.17) is 4.74 Å². The molecule has 0 radical (unpaired) electrons. The lowest BCUT2D eigenvalue weighted by atomic mass is 9.87. The maximum Gasteiger partial charge on any atom is 0.106 e. The minimum Gasteiger partial charge on any atom is -0.383 e. The molecule has 0 saturated carbocycles. The summed E-state index contributed by atoms with van der Waals surface area (Å²) < 4.78 is 5.37. The Hall–Kier alpha value is -0.900. The van der Waals surface area contributed by atoms with E-state index in [1.165, 1.54) is 0 Å². The summed E-state index contributed by atoms with van der Waals surface area (Å²) in [5.74, 6) is 0. The molecule has 3 heteroatoms. The van der Waals surface area contributed by atoms with Crippen molar-refractivity contribution in [3.8, 4) is 0 Å². The van der Waals surface area contributed by atoms with Gasteiger partial charge in [-0.3, -0.25) is 4.90 Å². The van der Waals surface area contributed by atoms with Gasteiger partial charge in [0.05, 0.1) is 0 Å². The van der Waals surface area contributed by atoms with Gasteiger partial charge in [-0.25, -0.2) is 0 Å². The number of aliphatic hydroxyl groups is 1. The fourth-order valence-electron chi connectivity index (χ4n) is 3.10. The molecule has 112 valence electrons. The van der Waals surface area contributed by atoms with Crippen LogP contribution < -0.4 is 0 Å². The van der Waals surface area contributed by atoms with Crippen LogP contribution in [-0.2, 0) is 10.3 Å². The number of unbranched alkanes of at least 4 members (excludes halogenated alkanes) is 1. The van der Waals surface area contributed by atoms with Gasteiger partial charge in [-0.1, -0.05) is 30.3 Å². The highest BCUT2D eigenvalue weighted by Gasteiger charge is 2.43. The first kappa shape index (κ1) is 15.5. The smallest absolute Gasteiger partial charge is 0.106 e. The van der Waals surface area contributed by atoms with E-state index >= 15 is 0 Å². The number of nitrogens with zero attached hydrogens (tertiary/aromatic N) is 1. The summed E-state index contributed by atoms with van der Waals surface area (Å²) in [7, 11) is 0. The van der Waals surface area contributed by atoms with Gasteiger partial charge in [0.1, 0.15) is 5.60 Å². The molecule has 1 aromatic rings. The summed E-state index contributed by atoms with van der Waals surface area (Å²) in [6, 6.07) is 10.3. The molecule has 0 aliphatic carbocycles. The second-order valence-electron chi connectivity index (χ2n) is 5.66. The first-order valence-electron chi connectivity index (χ1n) is 7.78. The second-order valence-corrected chi connectivity index (χ2v) is 5.66. The van der Waals surface area contributed by atoms with Crippen LogP contribution in [0.2, 0.25) is 0 Å². The Balaban J connectivity index is 1.87. The number of rotatable bonds is 7. The number of hydrogen-bond acceptors (Lipinski definition) is 3. The molecule has 2 atom stereocenters. The highest BCUT2D eigenvalue weighted by molar-refractivity contribution is 5.25. The van der Waals surface area contributed by atoms with Gasteiger partial charge in [-0.15, -0.1) is 0 Å². The lowest BCUT2D eigenvalue weighted by molar-refractivity contribution is 0.00568. The monoisotopic (exact) mass is 277 g/mol. The molecule has 0 bridgehead atoms. The maximum atomic E-state index is 11.0. The molecule has 1 aliphatic rings. The van der Waals surface area contributed by atoms with Crippen LogP contribution in [0.4, 0.5) is 0 Å². The molecule has 0 spiro atoms. The Morgan fingerprint density at radius 2 is 2.05 bits per heavy atom. The van der Waals surface area contributed by atoms with Crippen LogP contribution in [0.25, 0.3) is 0 Å². The fraction of sp³-hybridized carbons (Fsp3) is 0.647. The molecule has 2 unspecified atom stereocenters. The Bertz CT molecular complexity index is 395. The predicted octanol–water partition coefficient (Wildman–Crippen LogP) is 2.79. The van der Waals surface area contributed by atoms with Crippen molar-refractivity contribution in [2.45, 2.75) is 44.8 Å². The average Bonchev–Trinajstić information content (AvgIpc) is 2.77. The lowest BCUT2D eigenvalue weighted by Gasteiger charge is -2.32. The molecule has 1 aliphatic heterocycles. The Morgan fingerprint density at radius 1 is 1.30 bits per heavy atom. The number of likely N-dealkylation sites (tertiary alicyclic amines) is 1. The second kappa shape index (κ2) is 7.21. The van der Waals surface area contributed by atoms with Crippen LogP contribution in [0.15, 0.2) is 30.3 Å². The van der Waals surface area contributed by atoms with Crippen LogP contribution in [0.1, 0.15) is 38.7 Å². The van der Waals surface area contributed by atoms with Crippen molar-refractivity contribution in [2.24, 2.45) is 0 Å². The van der Waals surface area contributed by atoms with Crippen molar-refractivity contribution in [2.75, 3.05) is 26.3 Å². The van der Waals surface area contributed by atoms with Crippen LogP contribution in [0.3, 0.4) is 0 Å². The molecule has 3 nitrogen and oxygen atoms in total. The standard InChI is InChI=1S/C17H27NO2/c1-3-20-14-8-7-12-18-13-11-17(19,15(18)2)16-9-5-4-6-10-16/h4-6,9-10,15,19H,3,7-8,11-14H2,1-2H3. The van der Waals surface area contributed by atoms with Gasteiger partial charge in [0.2, 0.25) is 0 Å². The van der Waals surface area contributed by atoms with Crippen LogP contribution in [0.5, 0.6) is 0 Å². The molecule has 20 heavy (non-hydrogen) atoms. The van der Waals surface area contributed by atoms with Crippen molar-refractivity contribution < 1.29 is 9.84 Å². The first-order valence-corrected chi connectivity index (χ1v) is 7.78.